The van der Waals surface area contributed by atoms with Crippen LogP contribution in [0.1, 0.15) is 29.7 Å². The van der Waals surface area contributed by atoms with E-state index >= 15 is 0 Å². The first-order chi connectivity index (χ1) is 16.6. The number of allylic oxidation sites excluding steroid dienone is 1. The minimum atomic E-state index is -0.635. The van der Waals surface area contributed by atoms with Crippen LogP contribution in [0.25, 0.3) is 0 Å². The molecule has 0 fully saturated rings. The van der Waals surface area contributed by atoms with Crippen LogP contribution in [0.2, 0.25) is 0 Å². The highest BCUT2D eigenvalue weighted by Crippen LogP contribution is 2.40. The molecule has 0 amide bonds. The van der Waals surface area contributed by atoms with Crippen LogP contribution in [0.5, 0.6) is 0 Å². The average Bonchev–Trinajstić information content (AvgIpc) is 3.38. The van der Waals surface area contributed by atoms with Crippen molar-refractivity contribution in [2.75, 3.05) is 39.6 Å². The second-order valence-corrected chi connectivity index (χ2v) is 8.60. The molecule has 2 heterocycles. The van der Waals surface area contributed by atoms with Gasteiger partial charge in [0.05, 0.1) is 26.4 Å². The number of hydrogen-bond donors (Lipinski definition) is 1. The van der Waals surface area contributed by atoms with E-state index in [1.165, 1.54) is 12.1 Å². The highest BCUT2D eigenvalue weighted by molar-refractivity contribution is 7.10. The van der Waals surface area contributed by atoms with Gasteiger partial charge in [-0.1, -0.05) is 18.2 Å². The first kappa shape index (κ1) is 26.3. The molecule has 186 valence electrons. The van der Waals surface area contributed by atoms with E-state index in [0.29, 0.717) is 38.4 Å². The topological polar surface area (TPSA) is 83.5 Å². The Bertz CT molecular complexity index is 885. The van der Waals surface area contributed by atoms with E-state index in [-0.39, 0.29) is 43.2 Å². The summed E-state index contributed by atoms with van der Waals surface area (Å²) >= 11 is 1.60. The summed E-state index contributed by atoms with van der Waals surface area (Å²) in [5.74, 6) is -1.00. The number of aliphatic hydroxyl groups excluding tert-OH is 1. The van der Waals surface area contributed by atoms with Crippen molar-refractivity contribution in [2.24, 2.45) is 5.92 Å². The van der Waals surface area contributed by atoms with Gasteiger partial charge >= 0.3 is 5.97 Å². The van der Waals surface area contributed by atoms with E-state index in [1.807, 2.05) is 24.4 Å². The minimum Gasteiger partial charge on any atom is -0.457 e. The molecule has 0 bridgehead atoms. The fourth-order valence-electron chi connectivity index (χ4n) is 3.64. The van der Waals surface area contributed by atoms with Crippen molar-refractivity contribution in [3.05, 3.63) is 69.9 Å². The lowest BCUT2D eigenvalue weighted by Crippen LogP contribution is -2.37. The summed E-state index contributed by atoms with van der Waals surface area (Å²) in [4.78, 5) is 13.9. The van der Waals surface area contributed by atoms with E-state index in [2.05, 4.69) is 0 Å². The first-order valence-corrected chi connectivity index (χ1v) is 12.2. The number of halogens is 1. The highest BCUT2D eigenvalue weighted by atomic mass is 32.1. The van der Waals surface area contributed by atoms with Crippen LogP contribution in [-0.2, 0) is 35.1 Å². The summed E-state index contributed by atoms with van der Waals surface area (Å²) in [5.41, 5.74) is 0.681. The number of carbonyl (C=O) groups is 1. The fraction of sp³-hybridized carbons (Fsp3) is 0.480. The molecule has 0 radical (unpaired) electrons. The standard InChI is InChI=1S/C25H31FO7S/c1-2-31-25-20(9-11-29-13-14-30-12-10-27)21(23-4-3-15-34-23)16-22(33-25)24(28)32-17-18-5-7-19(26)8-6-18/h3-8,15-16,20-21,25,27H,2,9-14,17H2,1H3/t20-,21-,25+/m1/s1. The van der Waals surface area contributed by atoms with Gasteiger partial charge in [0.15, 0.2) is 0 Å². The molecule has 0 saturated carbocycles. The summed E-state index contributed by atoms with van der Waals surface area (Å²) in [6, 6.07) is 9.78. The zero-order valence-electron chi connectivity index (χ0n) is 19.2. The molecule has 1 aliphatic heterocycles. The summed E-state index contributed by atoms with van der Waals surface area (Å²) in [7, 11) is 0. The van der Waals surface area contributed by atoms with E-state index in [9.17, 15) is 9.18 Å². The molecular weight excluding hydrogens is 463 g/mol. The van der Waals surface area contributed by atoms with Crippen molar-refractivity contribution in [3.63, 3.8) is 0 Å². The van der Waals surface area contributed by atoms with Crippen LogP contribution < -0.4 is 0 Å². The fourth-order valence-corrected chi connectivity index (χ4v) is 4.51. The van der Waals surface area contributed by atoms with Gasteiger partial charge in [0.1, 0.15) is 12.4 Å². The molecule has 3 rings (SSSR count). The largest absolute Gasteiger partial charge is 0.457 e. The number of benzene rings is 1. The highest BCUT2D eigenvalue weighted by Gasteiger charge is 2.38. The van der Waals surface area contributed by atoms with Crippen molar-refractivity contribution >= 4 is 17.3 Å². The monoisotopic (exact) mass is 494 g/mol. The lowest BCUT2D eigenvalue weighted by molar-refractivity contribution is -0.177. The van der Waals surface area contributed by atoms with Gasteiger partial charge in [-0.05, 0) is 48.6 Å². The predicted octanol–water partition coefficient (Wildman–Crippen LogP) is 4.02. The second kappa shape index (κ2) is 14.2. The van der Waals surface area contributed by atoms with Crippen LogP contribution in [0.3, 0.4) is 0 Å². The number of ether oxygens (including phenoxy) is 5. The third-order valence-electron chi connectivity index (χ3n) is 5.28. The third-order valence-corrected chi connectivity index (χ3v) is 6.25. The van der Waals surface area contributed by atoms with Gasteiger partial charge in [-0.2, -0.15) is 0 Å². The molecule has 34 heavy (non-hydrogen) atoms. The lowest BCUT2D eigenvalue weighted by atomic mass is 9.85. The quantitative estimate of drug-likeness (QED) is 0.314. The first-order valence-electron chi connectivity index (χ1n) is 11.3. The van der Waals surface area contributed by atoms with Gasteiger partial charge in [0, 0.05) is 29.9 Å². The maximum absolute atomic E-state index is 13.1. The van der Waals surface area contributed by atoms with Gasteiger partial charge in [0.25, 0.3) is 0 Å². The smallest absolute Gasteiger partial charge is 0.373 e. The number of carbonyl (C=O) groups excluding carboxylic acids is 1. The molecule has 9 heteroatoms. The Labute approximate surface area is 203 Å². The molecule has 0 saturated heterocycles. The number of aliphatic hydroxyl groups is 1. The Morgan fingerprint density at radius 2 is 1.88 bits per heavy atom. The van der Waals surface area contributed by atoms with Gasteiger partial charge in [-0.3, -0.25) is 0 Å². The maximum Gasteiger partial charge on any atom is 0.373 e. The molecule has 1 aromatic heterocycles. The zero-order chi connectivity index (χ0) is 24.2. The van der Waals surface area contributed by atoms with Crippen molar-refractivity contribution in [3.8, 4) is 0 Å². The number of rotatable bonds is 14. The van der Waals surface area contributed by atoms with Crippen LogP contribution >= 0.6 is 11.3 Å². The molecule has 1 N–H and O–H groups in total. The van der Waals surface area contributed by atoms with Crippen molar-refractivity contribution in [1.29, 1.82) is 0 Å². The van der Waals surface area contributed by atoms with Crippen molar-refractivity contribution in [1.82, 2.24) is 0 Å². The second-order valence-electron chi connectivity index (χ2n) is 7.62. The Balaban J connectivity index is 1.67. The van der Waals surface area contributed by atoms with E-state index in [1.54, 1.807) is 29.5 Å². The molecule has 2 aromatic rings. The average molecular weight is 495 g/mol. The maximum atomic E-state index is 13.1. The minimum absolute atomic E-state index is 0.0123. The molecule has 0 spiro atoms. The zero-order valence-corrected chi connectivity index (χ0v) is 20.0. The van der Waals surface area contributed by atoms with Gasteiger partial charge in [-0.15, -0.1) is 11.3 Å². The Morgan fingerprint density at radius 1 is 1.12 bits per heavy atom. The Kier molecular flexibility index (Phi) is 11.0. The molecule has 7 nitrogen and oxygen atoms in total. The lowest BCUT2D eigenvalue weighted by Gasteiger charge is -2.36. The number of thiophene rings is 1. The Hall–Kier alpha value is -2.30. The molecule has 3 atom stereocenters. The summed E-state index contributed by atoms with van der Waals surface area (Å²) in [6.45, 7) is 3.89. The van der Waals surface area contributed by atoms with E-state index in [0.717, 1.165) is 4.88 Å². The van der Waals surface area contributed by atoms with E-state index < -0.39 is 12.3 Å². The predicted molar refractivity (Wildman–Crippen MR) is 125 cm³/mol. The molecular formula is C25H31FO7S. The van der Waals surface area contributed by atoms with Crippen LogP contribution in [0.15, 0.2) is 53.6 Å². The summed E-state index contributed by atoms with van der Waals surface area (Å²) < 4.78 is 41.3. The van der Waals surface area contributed by atoms with Gasteiger partial charge in [-0.25, -0.2) is 9.18 Å². The van der Waals surface area contributed by atoms with Crippen LogP contribution in [0, 0.1) is 11.7 Å². The SMILES string of the molecule is CCO[C@H]1OC(C(=O)OCc2ccc(F)cc2)=C[C@@H](c2cccs2)[C@H]1CCOCCOCCO. The summed E-state index contributed by atoms with van der Waals surface area (Å²) in [5, 5.41) is 10.7. The van der Waals surface area contributed by atoms with E-state index in [4.69, 9.17) is 28.8 Å². The van der Waals surface area contributed by atoms with Gasteiger partial charge < -0.3 is 28.8 Å². The van der Waals surface area contributed by atoms with Crippen molar-refractivity contribution in [2.45, 2.75) is 32.2 Å². The van der Waals surface area contributed by atoms with Crippen LogP contribution in [-0.4, -0.2) is 57.0 Å². The van der Waals surface area contributed by atoms with Gasteiger partial charge in [0.2, 0.25) is 12.0 Å². The third kappa shape index (κ3) is 7.89. The van der Waals surface area contributed by atoms with Crippen LogP contribution in [0.4, 0.5) is 4.39 Å². The van der Waals surface area contributed by atoms with Crippen molar-refractivity contribution < 1.29 is 38.0 Å². The Morgan fingerprint density at radius 3 is 2.56 bits per heavy atom. The molecule has 1 aliphatic rings. The number of esters is 1. The molecule has 0 unspecified atom stereocenters. The summed E-state index contributed by atoms with van der Waals surface area (Å²) in [6.07, 6.45) is 1.81. The molecule has 1 aromatic carbocycles. The normalized spacial score (nSPS) is 20.0. The molecule has 0 aliphatic carbocycles. The number of hydrogen-bond acceptors (Lipinski definition) is 8.